The van der Waals surface area contributed by atoms with Crippen LogP contribution in [0.1, 0.15) is 41.7 Å². The Hall–Kier alpha value is -2.99. The van der Waals surface area contributed by atoms with Gasteiger partial charge in [0.15, 0.2) is 5.72 Å². The summed E-state index contributed by atoms with van der Waals surface area (Å²) in [6.07, 6.45) is 0.665. The van der Waals surface area contributed by atoms with Gasteiger partial charge >= 0.3 is 0 Å². The summed E-state index contributed by atoms with van der Waals surface area (Å²) in [6, 6.07) is 17.8. The number of likely N-dealkylation sites (N-methyl/N-ethyl adjacent to an activating group) is 1. The normalized spacial score (nSPS) is 20.5. The summed E-state index contributed by atoms with van der Waals surface area (Å²) >= 11 is 0. The van der Waals surface area contributed by atoms with Crippen molar-refractivity contribution < 1.29 is 13.2 Å². The highest BCUT2D eigenvalue weighted by Crippen LogP contribution is 2.56. The van der Waals surface area contributed by atoms with Gasteiger partial charge in [0, 0.05) is 30.4 Å². The van der Waals surface area contributed by atoms with E-state index in [-0.39, 0.29) is 5.41 Å². The topological polar surface area (TPSA) is 58.6 Å². The van der Waals surface area contributed by atoms with Crippen LogP contribution < -0.4 is 14.4 Å². The van der Waals surface area contributed by atoms with Crippen LogP contribution in [0.4, 0.5) is 11.4 Å². The van der Waals surface area contributed by atoms with E-state index >= 15 is 0 Å². The Morgan fingerprint density at radius 1 is 0.970 bits per heavy atom. The lowest BCUT2D eigenvalue weighted by Crippen LogP contribution is -2.58. The summed E-state index contributed by atoms with van der Waals surface area (Å²) in [7, 11) is -1.64. The van der Waals surface area contributed by atoms with Crippen LogP contribution in [0.2, 0.25) is 0 Å². The Morgan fingerprint density at radius 2 is 1.64 bits per heavy atom. The van der Waals surface area contributed by atoms with Crippen molar-refractivity contribution in [3.8, 4) is 5.75 Å². The van der Waals surface area contributed by atoms with Gasteiger partial charge in [-0.3, -0.25) is 4.72 Å². The number of hydrogen-bond donors (Lipinski definition) is 1. The molecule has 2 heterocycles. The van der Waals surface area contributed by atoms with E-state index in [0.29, 0.717) is 17.0 Å². The average Bonchev–Trinajstić information content (AvgIpc) is 3.18. The summed E-state index contributed by atoms with van der Waals surface area (Å²) in [4.78, 5) is 2.57. The number of hydrogen-bond acceptors (Lipinski definition) is 4. The van der Waals surface area contributed by atoms with Crippen molar-refractivity contribution in [2.24, 2.45) is 0 Å². The summed E-state index contributed by atoms with van der Waals surface area (Å²) in [6.45, 7) is 10.1. The van der Waals surface area contributed by atoms with E-state index in [2.05, 4.69) is 54.8 Å². The molecule has 0 saturated carbocycles. The third-order valence-corrected chi connectivity index (χ3v) is 9.04. The standard InChI is InChI=1S/C27H30N2O3S/c1-17-13-18(2)25(19(3)14-17)33(30,31)28-21-11-12-24-20(15-21)16-27(32-24)26(4,5)22-9-7-8-10-23(22)29(27)6/h7-15,28H,16H2,1-6H3/t27-/m1/s1. The highest BCUT2D eigenvalue weighted by molar-refractivity contribution is 7.92. The molecule has 1 spiro atoms. The van der Waals surface area contributed by atoms with E-state index in [1.54, 1.807) is 6.07 Å². The van der Waals surface area contributed by atoms with E-state index in [4.69, 9.17) is 4.74 Å². The summed E-state index contributed by atoms with van der Waals surface area (Å²) in [5.41, 5.74) is 5.71. The van der Waals surface area contributed by atoms with Crippen molar-refractivity contribution in [2.45, 2.75) is 57.1 Å². The second kappa shape index (κ2) is 7.00. The van der Waals surface area contributed by atoms with Gasteiger partial charge in [0.2, 0.25) is 0 Å². The first-order valence-corrected chi connectivity index (χ1v) is 12.7. The Kier molecular flexibility index (Phi) is 4.63. The number of para-hydroxylation sites is 1. The maximum absolute atomic E-state index is 13.3. The predicted molar refractivity (Wildman–Crippen MR) is 133 cm³/mol. The van der Waals surface area contributed by atoms with Crippen LogP contribution in [0.5, 0.6) is 5.75 Å². The van der Waals surface area contributed by atoms with E-state index in [0.717, 1.165) is 28.0 Å². The molecule has 0 aliphatic carbocycles. The van der Waals surface area contributed by atoms with Crippen molar-refractivity contribution in [3.05, 3.63) is 82.4 Å². The fraction of sp³-hybridized carbons (Fsp3) is 0.333. The first-order valence-electron chi connectivity index (χ1n) is 11.2. The average molecular weight is 463 g/mol. The lowest BCUT2D eigenvalue weighted by molar-refractivity contribution is 0.0350. The Balaban J connectivity index is 1.49. The summed E-state index contributed by atoms with van der Waals surface area (Å²) in [5.74, 6) is 0.799. The minimum atomic E-state index is -3.71. The monoisotopic (exact) mass is 462 g/mol. The fourth-order valence-electron chi connectivity index (χ4n) is 5.81. The molecular weight excluding hydrogens is 432 g/mol. The molecule has 2 aliphatic heterocycles. The molecule has 1 N–H and O–H groups in total. The summed E-state index contributed by atoms with van der Waals surface area (Å²) in [5, 5.41) is 0. The molecule has 0 amide bonds. The number of nitrogens with zero attached hydrogens (tertiary/aromatic N) is 1. The molecule has 5 nitrogen and oxygen atoms in total. The van der Waals surface area contributed by atoms with Crippen LogP contribution in [-0.4, -0.2) is 21.2 Å². The molecule has 0 fully saturated rings. The van der Waals surface area contributed by atoms with Crippen LogP contribution >= 0.6 is 0 Å². The van der Waals surface area contributed by atoms with Gasteiger partial charge in [0.1, 0.15) is 5.75 Å². The van der Waals surface area contributed by atoms with E-state index in [1.807, 2.05) is 45.0 Å². The lowest BCUT2D eigenvalue weighted by Gasteiger charge is -2.42. The van der Waals surface area contributed by atoms with E-state index in [1.165, 1.54) is 11.3 Å². The van der Waals surface area contributed by atoms with E-state index < -0.39 is 15.7 Å². The number of rotatable bonds is 3. The quantitative estimate of drug-likeness (QED) is 0.561. The zero-order valence-corrected chi connectivity index (χ0v) is 20.8. The first kappa shape index (κ1) is 21.8. The van der Waals surface area contributed by atoms with Crippen molar-refractivity contribution in [2.75, 3.05) is 16.7 Å². The Bertz CT molecular complexity index is 1370. The number of fused-ring (bicyclic) bond motifs is 2. The van der Waals surface area contributed by atoms with Gasteiger partial charge in [-0.1, -0.05) is 35.9 Å². The molecule has 3 aromatic rings. The second-order valence-corrected chi connectivity index (χ2v) is 11.5. The fourth-order valence-corrected chi connectivity index (χ4v) is 7.31. The number of anilines is 2. The summed E-state index contributed by atoms with van der Waals surface area (Å²) < 4.78 is 35.9. The van der Waals surface area contributed by atoms with Gasteiger partial charge in [0.05, 0.1) is 10.3 Å². The van der Waals surface area contributed by atoms with Gasteiger partial charge in [-0.25, -0.2) is 8.42 Å². The van der Waals surface area contributed by atoms with Gasteiger partial charge < -0.3 is 9.64 Å². The van der Waals surface area contributed by atoms with Crippen LogP contribution in [0, 0.1) is 20.8 Å². The van der Waals surface area contributed by atoms with Gasteiger partial charge in [0.25, 0.3) is 10.0 Å². The van der Waals surface area contributed by atoms with Crippen molar-refractivity contribution in [3.63, 3.8) is 0 Å². The van der Waals surface area contributed by atoms with Gasteiger partial charge in [-0.2, -0.15) is 0 Å². The molecular formula is C27H30N2O3S. The third-order valence-electron chi connectivity index (χ3n) is 7.35. The highest BCUT2D eigenvalue weighted by atomic mass is 32.2. The number of nitrogens with one attached hydrogen (secondary N) is 1. The molecule has 3 aromatic carbocycles. The van der Waals surface area contributed by atoms with Crippen LogP contribution in [0.3, 0.4) is 0 Å². The molecule has 33 heavy (non-hydrogen) atoms. The van der Waals surface area contributed by atoms with Crippen molar-refractivity contribution >= 4 is 21.4 Å². The molecule has 172 valence electrons. The third kappa shape index (κ3) is 3.07. The highest BCUT2D eigenvalue weighted by Gasteiger charge is 2.60. The van der Waals surface area contributed by atoms with Gasteiger partial charge in [-0.15, -0.1) is 0 Å². The molecule has 0 unspecified atom stereocenters. The SMILES string of the molecule is Cc1cc(C)c(S(=O)(=O)Nc2ccc3c(c2)C[C@]2(O3)N(C)c3ccccc3C2(C)C)c(C)c1. The molecule has 6 heteroatoms. The second-order valence-electron chi connectivity index (χ2n) is 9.92. The number of benzene rings is 3. The molecule has 0 aromatic heterocycles. The first-order chi connectivity index (χ1) is 15.5. The molecule has 1 atom stereocenters. The molecule has 0 radical (unpaired) electrons. The van der Waals surface area contributed by atoms with Gasteiger partial charge in [-0.05, 0) is 75.6 Å². The molecule has 0 bridgehead atoms. The minimum absolute atomic E-state index is 0.243. The Labute approximate surface area is 196 Å². The maximum atomic E-state index is 13.3. The number of ether oxygens (including phenoxy) is 1. The van der Waals surface area contributed by atoms with Crippen LogP contribution in [0.15, 0.2) is 59.5 Å². The number of sulfonamides is 1. The smallest absolute Gasteiger partial charge is 0.262 e. The largest absolute Gasteiger partial charge is 0.466 e. The minimum Gasteiger partial charge on any atom is -0.466 e. The zero-order chi connectivity index (χ0) is 23.8. The maximum Gasteiger partial charge on any atom is 0.262 e. The molecule has 2 aliphatic rings. The van der Waals surface area contributed by atoms with Crippen molar-refractivity contribution in [1.82, 2.24) is 0 Å². The molecule has 5 rings (SSSR count). The zero-order valence-electron chi connectivity index (χ0n) is 20.0. The molecule has 0 saturated heterocycles. The Morgan fingerprint density at radius 3 is 2.30 bits per heavy atom. The van der Waals surface area contributed by atoms with Crippen LogP contribution in [0.25, 0.3) is 0 Å². The number of aryl methyl sites for hydroxylation is 3. The lowest BCUT2D eigenvalue weighted by atomic mass is 9.76. The van der Waals surface area contributed by atoms with Crippen LogP contribution in [-0.2, 0) is 21.9 Å². The predicted octanol–water partition coefficient (Wildman–Crippen LogP) is 5.47. The van der Waals surface area contributed by atoms with E-state index in [9.17, 15) is 8.42 Å². The van der Waals surface area contributed by atoms with Crippen molar-refractivity contribution in [1.29, 1.82) is 0 Å².